The van der Waals surface area contributed by atoms with E-state index < -0.39 is 0 Å². The van der Waals surface area contributed by atoms with Crippen LogP contribution in [-0.4, -0.2) is 27.9 Å². The highest BCUT2D eigenvalue weighted by molar-refractivity contribution is 8.01. The Kier molecular flexibility index (Phi) is 7.25. The number of amides is 1. The Hall–Kier alpha value is -1.67. The van der Waals surface area contributed by atoms with Crippen LogP contribution < -0.4 is 10.6 Å². The summed E-state index contributed by atoms with van der Waals surface area (Å²) in [6, 6.07) is 6.72. The smallest absolute Gasteiger partial charge is 0.230 e. The fraction of sp³-hybridized carbons (Fsp3) is 0.500. The first kappa shape index (κ1) is 19.1. The van der Waals surface area contributed by atoms with Crippen LogP contribution in [0.4, 0.5) is 15.2 Å². The number of para-hydroxylation sites is 1. The van der Waals surface area contributed by atoms with Crippen LogP contribution in [0.15, 0.2) is 28.6 Å². The number of carbonyl (C=O) groups is 1. The van der Waals surface area contributed by atoms with Crippen molar-refractivity contribution in [3.8, 4) is 0 Å². The summed E-state index contributed by atoms with van der Waals surface area (Å²) in [5, 5.41) is 14.6. The number of halogens is 1. The summed E-state index contributed by atoms with van der Waals surface area (Å²) in [5.41, 5.74) is 0.363. The molecule has 1 heterocycles. The highest BCUT2D eigenvalue weighted by atomic mass is 32.2. The van der Waals surface area contributed by atoms with Crippen LogP contribution in [0, 0.1) is 5.82 Å². The standard InChI is InChI=1S/C18H23FN4OS2/c19-14-10-6-7-11-15(14)21-17-22-23-18(26-17)25-12-16(24)20-13-8-4-2-1-3-5-9-13/h6-7,10-11,13H,1-5,8-9,12H2,(H,20,24)(H,21,22). The molecular formula is C18H23FN4OS2. The topological polar surface area (TPSA) is 66.9 Å². The van der Waals surface area contributed by atoms with Gasteiger partial charge in [-0.1, -0.05) is 67.3 Å². The Bertz CT molecular complexity index is 717. The molecule has 140 valence electrons. The lowest BCUT2D eigenvalue weighted by Crippen LogP contribution is -2.36. The van der Waals surface area contributed by atoms with E-state index in [1.807, 2.05) is 0 Å². The van der Waals surface area contributed by atoms with Crippen LogP contribution in [0.2, 0.25) is 0 Å². The average molecular weight is 395 g/mol. The second-order valence-electron chi connectivity index (χ2n) is 6.38. The molecule has 1 aromatic carbocycles. The third kappa shape index (κ3) is 5.95. The second kappa shape index (κ2) is 9.87. The molecule has 1 amide bonds. The average Bonchev–Trinajstić information content (AvgIpc) is 3.05. The summed E-state index contributed by atoms with van der Waals surface area (Å²) in [6.45, 7) is 0. The van der Waals surface area contributed by atoms with Gasteiger partial charge < -0.3 is 10.6 Å². The van der Waals surface area contributed by atoms with Crippen molar-refractivity contribution in [2.45, 2.75) is 55.3 Å². The van der Waals surface area contributed by atoms with Gasteiger partial charge in [0.05, 0.1) is 11.4 Å². The highest BCUT2D eigenvalue weighted by Gasteiger charge is 2.15. The third-order valence-corrected chi connectivity index (χ3v) is 6.29. The van der Waals surface area contributed by atoms with Crippen molar-refractivity contribution in [3.05, 3.63) is 30.1 Å². The number of hydrogen-bond acceptors (Lipinski definition) is 6. The van der Waals surface area contributed by atoms with Crippen molar-refractivity contribution >= 4 is 39.8 Å². The van der Waals surface area contributed by atoms with Crippen LogP contribution >= 0.6 is 23.1 Å². The Morgan fingerprint density at radius 3 is 2.65 bits per heavy atom. The van der Waals surface area contributed by atoms with Crippen molar-refractivity contribution in [2.24, 2.45) is 0 Å². The highest BCUT2D eigenvalue weighted by Crippen LogP contribution is 2.28. The van der Waals surface area contributed by atoms with Gasteiger partial charge in [-0.3, -0.25) is 4.79 Å². The van der Waals surface area contributed by atoms with E-state index in [0.717, 1.165) is 12.8 Å². The van der Waals surface area contributed by atoms with Gasteiger partial charge in [0.1, 0.15) is 5.82 Å². The number of anilines is 2. The summed E-state index contributed by atoms with van der Waals surface area (Å²) in [7, 11) is 0. The van der Waals surface area contributed by atoms with E-state index >= 15 is 0 Å². The number of hydrogen-bond donors (Lipinski definition) is 2. The molecule has 1 saturated carbocycles. The number of nitrogens with zero attached hydrogens (tertiary/aromatic N) is 2. The van der Waals surface area contributed by atoms with Gasteiger partial charge in [-0.15, -0.1) is 10.2 Å². The minimum atomic E-state index is -0.338. The van der Waals surface area contributed by atoms with Gasteiger partial charge in [0.25, 0.3) is 0 Å². The minimum Gasteiger partial charge on any atom is -0.353 e. The quantitative estimate of drug-likeness (QED) is 0.693. The second-order valence-corrected chi connectivity index (χ2v) is 8.58. The number of thioether (sulfide) groups is 1. The van der Waals surface area contributed by atoms with E-state index in [1.54, 1.807) is 18.2 Å². The maximum Gasteiger partial charge on any atom is 0.230 e. The molecule has 0 bridgehead atoms. The SMILES string of the molecule is O=C(CSc1nnc(Nc2ccccc2F)s1)NC1CCCCCCC1. The van der Waals surface area contributed by atoms with Crippen molar-refractivity contribution in [1.82, 2.24) is 15.5 Å². The van der Waals surface area contributed by atoms with Gasteiger partial charge in [0.15, 0.2) is 4.34 Å². The van der Waals surface area contributed by atoms with Gasteiger partial charge in [-0.05, 0) is 25.0 Å². The number of nitrogens with one attached hydrogen (secondary N) is 2. The molecule has 0 saturated heterocycles. The Balaban J connectivity index is 1.45. The fourth-order valence-electron chi connectivity index (χ4n) is 2.99. The van der Waals surface area contributed by atoms with E-state index in [0.29, 0.717) is 27.0 Å². The molecule has 1 aliphatic rings. The zero-order valence-corrected chi connectivity index (χ0v) is 16.2. The van der Waals surface area contributed by atoms with Crippen molar-refractivity contribution in [2.75, 3.05) is 11.1 Å². The molecule has 0 atom stereocenters. The van der Waals surface area contributed by atoms with E-state index in [1.165, 1.54) is 61.3 Å². The molecule has 8 heteroatoms. The molecular weight excluding hydrogens is 371 g/mol. The molecule has 1 aromatic heterocycles. The van der Waals surface area contributed by atoms with Crippen LogP contribution in [0.3, 0.4) is 0 Å². The maximum atomic E-state index is 13.6. The molecule has 2 aromatic rings. The summed E-state index contributed by atoms with van der Waals surface area (Å²) < 4.78 is 14.3. The van der Waals surface area contributed by atoms with Gasteiger partial charge in [-0.2, -0.15) is 0 Å². The van der Waals surface area contributed by atoms with Crippen molar-refractivity contribution < 1.29 is 9.18 Å². The molecule has 1 aliphatic carbocycles. The lowest BCUT2D eigenvalue weighted by Gasteiger charge is -2.20. The van der Waals surface area contributed by atoms with Crippen LogP contribution in [0.1, 0.15) is 44.9 Å². The van der Waals surface area contributed by atoms with Gasteiger partial charge in [0, 0.05) is 6.04 Å². The predicted octanol–water partition coefficient (Wildman–Crippen LogP) is 4.74. The Labute approximate surface area is 161 Å². The van der Waals surface area contributed by atoms with E-state index in [-0.39, 0.29) is 11.7 Å². The summed E-state index contributed by atoms with van der Waals surface area (Å²) in [6.07, 6.45) is 8.39. The van der Waals surface area contributed by atoms with E-state index in [4.69, 9.17) is 0 Å². The molecule has 5 nitrogen and oxygen atoms in total. The van der Waals surface area contributed by atoms with E-state index in [9.17, 15) is 9.18 Å². The van der Waals surface area contributed by atoms with Gasteiger partial charge in [0.2, 0.25) is 11.0 Å². The molecule has 0 radical (unpaired) electrons. The molecule has 0 unspecified atom stereocenters. The summed E-state index contributed by atoms with van der Waals surface area (Å²) >= 11 is 2.67. The number of benzene rings is 1. The van der Waals surface area contributed by atoms with E-state index in [2.05, 4.69) is 20.8 Å². The lowest BCUT2D eigenvalue weighted by atomic mass is 9.97. The first-order valence-electron chi connectivity index (χ1n) is 8.98. The lowest BCUT2D eigenvalue weighted by molar-refractivity contribution is -0.119. The summed E-state index contributed by atoms with van der Waals surface area (Å²) in [5.74, 6) is 0.0278. The van der Waals surface area contributed by atoms with Crippen molar-refractivity contribution in [3.63, 3.8) is 0 Å². The molecule has 0 aliphatic heterocycles. The maximum absolute atomic E-state index is 13.6. The molecule has 2 N–H and O–H groups in total. The van der Waals surface area contributed by atoms with Crippen LogP contribution in [0.25, 0.3) is 0 Å². The largest absolute Gasteiger partial charge is 0.353 e. The Morgan fingerprint density at radius 1 is 1.15 bits per heavy atom. The van der Waals surface area contributed by atoms with Gasteiger partial charge >= 0.3 is 0 Å². The molecule has 26 heavy (non-hydrogen) atoms. The number of carbonyl (C=O) groups excluding carboxylic acids is 1. The summed E-state index contributed by atoms with van der Waals surface area (Å²) in [4.78, 5) is 12.2. The number of aromatic nitrogens is 2. The minimum absolute atomic E-state index is 0.0411. The predicted molar refractivity (Wildman–Crippen MR) is 105 cm³/mol. The van der Waals surface area contributed by atoms with Gasteiger partial charge in [-0.25, -0.2) is 4.39 Å². The molecule has 1 fully saturated rings. The molecule has 0 spiro atoms. The van der Waals surface area contributed by atoms with Crippen molar-refractivity contribution in [1.29, 1.82) is 0 Å². The van der Waals surface area contributed by atoms with Crippen LogP contribution in [0.5, 0.6) is 0 Å². The molecule has 3 rings (SSSR count). The first-order chi connectivity index (χ1) is 12.7. The normalized spacial score (nSPS) is 15.9. The first-order valence-corrected chi connectivity index (χ1v) is 10.8. The third-order valence-electron chi connectivity index (χ3n) is 4.32. The number of rotatable bonds is 6. The Morgan fingerprint density at radius 2 is 1.88 bits per heavy atom. The monoisotopic (exact) mass is 394 g/mol. The zero-order valence-electron chi connectivity index (χ0n) is 14.5. The zero-order chi connectivity index (χ0) is 18.2. The van der Waals surface area contributed by atoms with Crippen LogP contribution in [-0.2, 0) is 4.79 Å². The fourth-order valence-corrected chi connectivity index (χ4v) is 4.57.